The highest BCUT2D eigenvalue weighted by Crippen LogP contribution is 2.31. The Hall–Kier alpha value is -6.75. The van der Waals surface area contributed by atoms with Crippen LogP contribution in [0.4, 0.5) is 11.4 Å². The fraction of sp³-hybridized carbons (Fsp3) is 0.458. The average Bonchev–Trinajstić information content (AvgIpc) is 4.25. The topological polar surface area (TPSA) is 278 Å². The highest BCUT2D eigenvalue weighted by atomic mass is 79.9. The molecule has 21 nitrogen and oxygen atoms in total. The van der Waals surface area contributed by atoms with Crippen LogP contribution in [0, 0.1) is 11.8 Å². The quantitative estimate of drug-likeness (QED) is 0.0432. The number of aromatic nitrogens is 11. The fourth-order valence-corrected chi connectivity index (χ4v) is 9.17. The number of anilines is 1. The number of nitrogens with zero attached hydrogens (tertiary/aromatic N) is 12. The second kappa shape index (κ2) is 35.4. The van der Waals surface area contributed by atoms with E-state index in [1.807, 2.05) is 67.8 Å². The van der Waals surface area contributed by atoms with Crippen molar-refractivity contribution in [3.63, 3.8) is 0 Å². The molecular formula is C59H79BrCl2N14O7. The van der Waals surface area contributed by atoms with Gasteiger partial charge in [-0.15, -0.1) is 9.59 Å². The predicted molar refractivity (Wildman–Crippen MR) is 326 cm³/mol. The van der Waals surface area contributed by atoms with Crippen molar-refractivity contribution in [3.05, 3.63) is 146 Å². The summed E-state index contributed by atoms with van der Waals surface area (Å²) in [5, 5.41) is 16.5. The van der Waals surface area contributed by atoms with Gasteiger partial charge in [0.15, 0.2) is 11.6 Å². The lowest BCUT2D eigenvalue weighted by Crippen LogP contribution is -2.25. The number of carbonyl (C=O) groups is 2. The number of ether oxygens (including phenoxy) is 4. The number of ketones is 1. The van der Waals surface area contributed by atoms with E-state index in [1.165, 1.54) is 45.9 Å². The fourth-order valence-electron chi connectivity index (χ4n) is 7.97. The van der Waals surface area contributed by atoms with Crippen LogP contribution >= 0.6 is 39.1 Å². The number of hydrogen-bond acceptors (Lipinski definition) is 19. The second-order valence-corrected chi connectivity index (χ2v) is 22.8. The number of methoxy groups -OCH3 is 3. The van der Waals surface area contributed by atoms with E-state index < -0.39 is 5.60 Å². The monoisotopic (exact) mass is 1240 g/mol. The lowest BCUT2D eigenvalue weighted by Gasteiger charge is -2.21. The molecule has 0 aliphatic rings. The van der Waals surface area contributed by atoms with E-state index >= 15 is 0 Å². The zero-order chi connectivity index (χ0) is 62.0. The van der Waals surface area contributed by atoms with Gasteiger partial charge in [0.2, 0.25) is 6.08 Å². The molecule has 24 heteroatoms. The molecule has 0 radical (unpaired) electrons. The van der Waals surface area contributed by atoms with E-state index in [9.17, 15) is 14.4 Å². The minimum atomic E-state index is -0.483. The van der Waals surface area contributed by atoms with Gasteiger partial charge < -0.3 is 30.4 Å². The van der Waals surface area contributed by atoms with Gasteiger partial charge >= 0.3 is 5.97 Å². The molecule has 3 unspecified atom stereocenters. The van der Waals surface area contributed by atoms with Crippen molar-refractivity contribution in [1.82, 2.24) is 54.9 Å². The molecular weight excluding hydrogens is 1170 g/mol. The van der Waals surface area contributed by atoms with E-state index in [1.54, 1.807) is 70.8 Å². The highest BCUT2D eigenvalue weighted by Gasteiger charge is 2.22. The summed E-state index contributed by atoms with van der Waals surface area (Å²) < 4.78 is 22.4. The molecule has 7 aromatic rings. The summed E-state index contributed by atoms with van der Waals surface area (Å²) in [4.78, 5) is 61.6. The minimum Gasteiger partial charge on any atom is -0.460 e. The lowest BCUT2D eigenvalue weighted by atomic mass is 9.91. The van der Waals surface area contributed by atoms with E-state index in [2.05, 4.69) is 93.9 Å². The highest BCUT2D eigenvalue weighted by molar-refractivity contribution is 9.10. The average molecular weight is 1250 g/mol. The molecule has 7 aromatic heterocycles. The molecule has 0 fully saturated rings. The van der Waals surface area contributed by atoms with Crippen molar-refractivity contribution in [2.75, 3.05) is 27.1 Å². The van der Waals surface area contributed by atoms with Gasteiger partial charge in [0.05, 0.1) is 83.3 Å². The van der Waals surface area contributed by atoms with Gasteiger partial charge in [-0.05, 0) is 134 Å². The molecule has 0 spiro atoms. The number of halogens is 3. The van der Waals surface area contributed by atoms with Crippen molar-refractivity contribution in [3.8, 4) is 11.6 Å². The summed E-state index contributed by atoms with van der Waals surface area (Å²) in [6, 6.07) is 3.55. The number of nitrogens with two attached hydrogens (primary N) is 2. The molecule has 0 amide bonds. The van der Waals surface area contributed by atoms with Crippen LogP contribution < -0.4 is 11.5 Å². The summed E-state index contributed by atoms with van der Waals surface area (Å²) in [6.07, 6.45) is 23.5. The van der Waals surface area contributed by atoms with E-state index in [0.29, 0.717) is 45.2 Å². The molecule has 0 aliphatic heterocycles. The van der Waals surface area contributed by atoms with Crippen LogP contribution in [0.5, 0.6) is 0 Å². The Bertz CT molecular complexity index is 3150. The third kappa shape index (κ3) is 24.2. The summed E-state index contributed by atoms with van der Waals surface area (Å²) >= 11 is 15.7. The SMILES string of the molecule is CC(C)N.COC(C)c1c(Br)cncc1CC(=O)OC(C)(C)C.COC(C)c1c(CC(=O)Cc2cnc(-n3nccn3)c(Cl)c2)cncc1CC(C)C.COC(C)c1c(N)cncc1CC(C)C.O=C=Nc1cnc(-n2nccn2)c(Cl)c1. The molecule has 0 saturated carbocycles. The summed E-state index contributed by atoms with van der Waals surface area (Å²) in [5.41, 5.74) is 19.5. The Labute approximate surface area is 505 Å². The molecule has 3 atom stereocenters. The molecule has 7 rings (SSSR count). The Balaban J connectivity index is 0.000000296. The lowest BCUT2D eigenvalue weighted by molar-refractivity contribution is -0.154. The first kappa shape index (κ1) is 70.5. The van der Waals surface area contributed by atoms with Gasteiger partial charge in [0.25, 0.3) is 0 Å². The molecule has 448 valence electrons. The molecule has 83 heavy (non-hydrogen) atoms. The van der Waals surface area contributed by atoms with Crippen molar-refractivity contribution >= 4 is 68.3 Å². The van der Waals surface area contributed by atoms with Gasteiger partial charge in [0, 0.05) is 87.0 Å². The second-order valence-electron chi connectivity index (χ2n) is 21.1. The Morgan fingerprint density at radius 1 is 0.627 bits per heavy atom. The van der Waals surface area contributed by atoms with Crippen LogP contribution in [-0.2, 0) is 65.4 Å². The third-order valence-corrected chi connectivity index (χ3v) is 12.6. The first-order chi connectivity index (χ1) is 39.2. The van der Waals surface area contributed by atoms with Crippen molar-refractivity contribution in [1.29, 1.82) is 0 Å². The van der Waals surface area contributed by atoms with E-state index in [4.69, 9.17) is 53.6 Å². The molecule has 0 aliphatic carbocycles. The van der Waals surface area contributed by atoms with Crippen LogP contribution in [0.15, 0.2) is 96.0 Å². The van der Waals surface area contributed by atoms with Crippen LogP contribution in [0.25, 0.3) is 11.6 Å². The Morgan fingerprint density at radius 3 is 1.53 bits per heavy atom. The summed E-state index contributed by atoms with van der Waals surface area (Å²) in [7, 11) is 5.01. The number of nitrogen functional groups attached to an aromatic ring is 1. The first-order valence-corrected chi connectivity index (χ1v) is 28.3. The molecule has 7 heterocycles. The zero-order valence-corrected chi connectivity index (χ0v) is 53.2. The van der Waals surface area contributed by atoms with Crippen LogP contribution in [0.1, 0.15) is 146 Å². The number of rotatable bonds is 19. The maximum absolute atomic E-state index is 12.8. The summed E-state index contributed by atoms with van der Waals surface area (Å²) in [6.45, 7) is 24.1. The number of isocyanates is 1. The molecule has 4 N–H and O–H groups in total. The van der Waals surface area contributed by atoms with Crippen LogP contribution in [-0.4, -0.2) is 106 Å². The Morgan fingerprint density at radius 2 is 1.06 bits per heavy atom. The maximum Gasteiger partial charge on any atom is 0.310 e. The number of pyridine rings is 5. The van der Waals surface area contributed by atoms with Crippen LogP contribution in [0.3, 0.4) is 0 Å². The number of Topliss-reactive ketones (excluding diaryl/α,β-unsaturated/α-hetero) is 1. The molecule has 0 aromatic carbocycles. The zero-order valence-electron chi connectivity index (χ0n) is 50.1. The largest absolute Gasteiger partial charge is 0.460 e. The van der Waals surface area contributed by atoms with E-state index in [-0.39, 0.29) is 49.3 Å². The van der Waals surface area contributed by atoms with Gasteiger partial charge in [-0.25, -0.2) is 14.8 Å². The number of hydrogen-bond donors (Lipinski definition) is 2. The number of carbonyl (C=O) groups excluding carboxylic acids is 3. The standard InChI is InChI=1S/C22H26ClN5O2.C14H20BrNO3.C12H20N2O.C8H4ClN5O.C3H9N/c1-14(2)7-17-12-24-13-18(21(17)15(3)30-4)10-19(29)8-16-9-20(23)22(25-11-16)28-26-5-6-27-28;1-9(18-5)13-10(7-16-8-11(13)15)6-12(17)19-14(2,3)4;1-8(2)5-10-6-14-7-11(13)12(10)9(3)15-4;9-7-3-6(11-5-15)4-10-8(7)14-12-1-2-13-14;1-3(2)4/h5-6,9,11-15H,7-8,10H2,1-4H3;7-9H,6H2,1-5H3;6-9H,5,13H2,1-4H3;1-4H;3H,4H2,1-2H3. The number of aliphatic imine (C=N–C) groups is 1. The minimum absolute atomic E-state index is 0.0294. The maximum atomic E-state index is 12.8. The first-order valence-electron chi connectivity index (χ1n) is 26.7. The van der Waals surface area contributed by atoms with Gasteiger partial charge in [-0.2, -0.15) is 25.4 Å². The van der Waals surface area contributed by atoms with Crippen molar-refractivity contribution in [2.24, 2.45) is 22.6 Å². The number of esters is 1. The smallest absolute Gasteiger partial charge is 0.310 e. The Kier molecular flexibility index (Phi) is 30.1. The predicted octanol–water partition coefficient (Wildman–Crippen LogP) is 11.6. The van der Waals surface area contributed by atoms with Crippen molar-refractivity contribution < 1.29 is 33.3 Å². The van der Waals surface area contributed by atoms with Gasteiger partial charge in [-0.3, -0.25) is 24.5 Å². The normalized spacial score (nSPS) is 12.0. The molecule has 0 saturated heterocycles. The molecule has 0 bridgehead atoms. The van der Waals surface area contributed by atoms with Crippen molar-refractivity contribution in [2.45, 2.75) is 145 Å². The van der Waals surface area contributed by atoms with Gasteiger partial charge in [0.1, 0.15) is 11.4 Å². The van der Waals surface area contributed by atoms with Gasteiger partial charge in [-0.1, -0.05) is 64.7 Å². The third-order valence-electron chi connectivity index (χ3n) is 11.4. The summed E-state index contributed by atoms with van der Waals surface area (Å²) in [5.74, 6) is 1.68. The van der Waals surface area contributed by atoms with Crippen LogP contribution in [0.2, 0.25) is 10.0 Å². The van der Waals surface area contributed by atoms with E-state index in [0.717, 1.165) is 61.9 Å².